The molecule has 1 aromatic rings. The third-order valence-corrected chi connectivity index (χ3v) is 4.11. The summed E-state index contributed by atoms with van der Waals surface area (Å²) < 4.78 is 17.0. The minimum Gasteiger partial charge on any atom is -0.487 e. The Morgan fingerprint density at radius 2 is 2.15 bits per heavy atom. The van der Waals surface area contributed by atoms with Gasteiger partial charge in [0, 0.05) is 19.7 Å². The van der Waals surface area contributed by atoms with Gasteiger partial charge in [-0.15, -0.1) is 24.0 Å². The summed E-state index contributed by atoms with van der Waals surface area (Å²) in [7, 11) is 1.74. The smallest absolute Gasteiger partial charge is 0.191 e. The van der Waals surface area contributed by atoms with Crippen LogP contribution >= 0.6 is 35.6 Å². The van der Waals surface area contributed by atoms with E-state index in [-0.39, 0.29) is 42.2 Å². The van der Waals surface area contributed by atoms with E-state index >= 15 is 0 Å². The van der Waals surface area contributed by atoms with E-state index in [2.05, 4.69) is 22.5 Å². The number of aliphatic imine (C=N–C) groups is 1. The van der Waals surface area contributed by atoms with Gasteiger partial charge in [0.2, 0.25) is 0 Å². The van der Waals surface area contributed by atoms with Crippen LogP contribution in [-0.4, -0.2) is 57.6 Å². The van der Waals surface area contributed by atoms with E-state index in [1.54, 1.807) is 7.05 Å². The molecule has 3 atom stereocenters. The summed E-state index contributed by atoms with van der Waals surface area (Å²) in [5.41, 5.74) is 0. The molecule has 148 valence electrons. The van der Waals surface area contributed by atoms with E-state index in [0.29, 0.717) is 36.5 Å². The van der Waals surface area contributed by atoms with Gasteiger partial charge in [0.25, 0.3) is 0 Å². The molecule has 2 N–H and O–H groups in total. The third-order valence-electron chi connectivity index (χ3n) is 3.80. The van der Waals surface area contributed by atoms with E-state index in [1.807, 2.05) is 31.2 Å². The van der Waals surface area contributed by atoms with Crippen molar-refractivity contribution in [2.24, 2.45) is 4.99 Å². The molecule has 6 nitrogen and oxygen atoms in total. The van der Waals surface area contributed by atoms with Crippen LogP contribution in [0.3, 0.4) is 0 Å². The lowest BCUT2D eigenvalue weighted by Gasteiger charge is -2.21. The van der Waals surface area contributed by atoms with Crippen molar-refractivity contribution in [1.29, 1.82) is 0 Å². The molecule has 0 spiro atoms. The molecule has 0 aromatic heterocycles. The molecular weight excluding hydrogens is 469 g/mol. The van der Waals surface area contributed by atoms with Crippen LogP contribution in [0.2, 0.25) is 5.02 Å². The van der Waals surface area contributed by atoms with Gasteiger partial charge in [-0.25, -0.2) is 0 Å². The highest BCUT2D eigenvalue weighted by molar-refractivity contribution is 14.0. The van der Waals surface area contributed by atoms with Gasteiger partial charge in [0.1, 0.15) is 11.9 Å². The molecule has 0 radical (unpaired) electrons. The maximum Gasteiger partial charge on any atom is 0.191 e. The Morgan fingerprint density at radius 1 is 1.38 bits per heavy atom. The monoisotopic (exact) mass is 497 g/mol. The number of ether oxygens (including phenoxy) is 3. The van der Waals surface area contributed by atoms with Gasteiger partial charge in [-0.05, 0) is 32.4 Å². The van der Waals surface area contributed by atoms with Crippen LogP contribution in [0.4, 0.5) is 0 Å². The number of hydrogen-bond acceptors (Lipinski definition) is 4. The lowest BCUT2D eigenvalue weighted by atomic mass is 10.3. The van der Waals surface area contributed by atoms with E-state index in [9.17, 15) is 0 Å². The standard InChI is InChI=1S/C18H28ClN3O3.HI/c1-13(11-24-15-8-9-23-12-15)22-18(20-3)21-10-14(2)25-17-7-5-4-6-16(17)19;/h4-7,13-15H,8-12H2,1-3H3,(H2,20,21,22);1H. The van der Waals surface area contributed by atoms with Crippen molar-refractivity contribution in [2.75, 3.05) is 33.4 Å². The number of hydrogen-bond donors (Lipinski definition) is 2. The number of rotatable bonds is 8. The third kappa shape index (κ3) is 8.28. The molecule has 0 saturated carbocycles. The molecule has 1 aromatic carbocycles. The normalized spacial score (nSPS) is 19.4. The Bertz CT molecular complexity index is 556. The number of nitrogens with one attached hydrogen (secondary N) is 2. The maximum absolute atomic E-state index is 6.11. The first-order valence-electron chi connectivity index (χ1n) is 8.66. The molecule has 1 heterocycles. The first-order valence-corrected chi connectivity index (χ1v) is 9.04. The van der Waals surface area contributed by atoms with Crippen LogP contribution in [0.25, 0.3) is 0 Å². The molecular formula is C18H29ClIN3O3. The van der Waals surface area contributed by atoms with E-state index in [0.717, 1.165) is 13.0 Å². The summed E-state index contributed by atoms with van der Waals surface area (Å²) in [5.74, 6) is 1.40. The van der Waals surface area contributed by atoms with Crippen molar-refractivity contribution in [3.8, 4) is 5.75 Å². The summed E-state index contributed by atoms with van der Waals surface area (Å²) in [6.07, 6.45) is 1.13. The fourth-order valence-electron chi connectivity index (χ4n) is 2.43. The average Bonchev–Trinajstić information content (AvgIpc) is 3.12. The minimum absolute atomic E-state index is 0. The molecule has 2 rings (SSSR count). The molecule has 0 amide bonds. The highest BCUT2D eigenvalue weighted by Gasteiger charge is 2.17. The Hall–Kier alpha value is -0.770. The summed E-state index contributed by atoms with van der Waals surface area (Å²) in [6, 6.07) is 7.60. The number of benzene rings is 1. The zero-order valence-corrected chi connectivity index (χ0v) is 18.6. The van der Waals surface area contributed by atoms with Crippen molar-refractivity contribution >= 4 is 41.5 Å². The largest absolute Gasteiger partial charge is 0.487 e. The van der Waals surface area contributed by atoms with Crippen molar-refractivity contribution in [1.82, 2.24) is 10.6 Å². The van der Waals surface area contributed by atoms with Gasteiger partial charge in [-0.1, -0.05) is 23.7 Å². The highest BCUT2D eigenvalue weighted by atomic mass is 127. The molecule has 3 unspecified atom stereocenters. The van der Waals surface area contributed by atoms with Gasteiger partial charge in [0.05, 0.1) is 30.9 Å². The molecule has 1 saturated heterocycles. The number of nitrogens with zero attached hydrogens (tertiary/aromatic N) is 1. The van der Waals surface area contributed by atoms with Crippen LogP contribution in [0.5, 0.6) is 5.75 Å². The second kappa shape index (κ2) is 12.6. The van der Waals surface area contributed by atoms with Gasteiger partial charge >= 0.3 is 0 Å². The van der Waals surface area contributed by atoms with Crippen molar-refractivity contribution in [2.45, 2.75) is 38.5 Å². The predicted molar refractivity (Wildman–Crippen MR) is 116 cm³/mol. The summed E-state index contributed by atoms with van der Waals surface area (Å²) in [6.45, 7) is 6.74. The Kier molecular flexibility index (Phi) is 11.3. The van der Waals surface area contributed by atoms with E-state index < -0.39 is 0 Å². The van der Waals surface area contributed by atoms with E-state index in [1.165, 1.54) is 0 Å². The lowest BCUT2D eigenvalue weighted by molar-refractivity contribution is 0.0347. The second-order valence-corrected chi connectivity index (χ2v) is 6.58. The van der Waals surface area contributed by atoms with Crippen LogP contribution < -0.4 is 15.4 Å². The molecule has 1 aliphatic rings. The van der Waals surface area contributed by atoms with Crippen LogP contribution in [-0.2, 0) is 9.47 Å². The van der Waals surface area contributed by atoms with Crippen LogP contribution in [0.15, 0.2) is 29.3 Å². The van der Waals surface area contributed by atoms with Crippen molar-refractivity contribution < 1.29 is 14.2 Å². The Balaban J connectivity index is 0.00000338. The second-order valence-electron chi connectivity index (χ2n) is 6.18. The van der Waals surface area contributed by atoms with Crippen LogP contribution in [0, 0.1) is 0 Å². The Morgan fingerprint density at radius 3 is 2.81 bits per heavy atom. The van der Waals surface area contributed by atoms with Gasteiger partial charge in [-0.2, -0.15) is 0 Å². The zero-order chi connectivity index (χ0) is 18.1. The topological polar surface area (TPSA) is 64.1 Å². The maximum atomic E-state index is 6.11. The lowest BCUT2D eigenvalue weighted by Crippen LogP contribution is -2.46. The molecule has 1 aliphatic heterocycles. The molecule has 0 aliphatic carbocycles. The predicted octanol–water partition coefficient (Wildman–Crippen LogP) is 3.08. The first kappa shape index (κ1) is 23.3. The van der Waals surface area contributed by atoms with Gasteiger partial charge in [-0.3, -0.25) is 4.99 Å². The summed E-state index contributed by atoms with van der Waals surface area (Å²) >= 11 is 6.11. The summed E-state index contributed by atoms with van der Waals surface area (Å²) in [5, 5.41) is 7.18. The summed E-state index contributed by atoms with van der Waals surface area (Å²) in [4.78, 5) is 4.24. The molecule has 8 heteroatoms. The number of guanidine groups is 1. The quantitative estimate of drug-likeness (QED) is 0.328. The molecule has 0 bridgehead atoms. The number of para-hydroxylation sites is 1. The van der Waals surface area contributed by atoms with Crippen LogP contribution in [0.1, 0.15) is 20.3 Å². The van der Waals surface area contributed by atoms with Crippen molar-refractivity contribution in [3.05, 3.63) is 29.3 Å². The SMILES string of the molecule is CN=C(NCC(C)Oc1ccccc1Cl)NC(C)COC1CCOC1.I. The number of halogens is 2. The highest BCUT2D eigenvalue weighted by Crippen LogP contribution is 2.23. The fraction of sp³-hybridized carbons (Fsp3) is 0.611. The van der Waals surface area contributed by atoms with Crippen molar-refractivity contribution in [3.63, 3.8) is 0 Å². The first-order chi connectivity index (χ1) is 12.1. The van der Waals surface area contributed by atoms with Gasteiger partial charge in [0.15, 0.2) is 5.96 Å². The Labute approximate surface area is 178 Å². The molecule has 1 fully saturated rings. The van der Waals surface area contributed by atoms with Gasteiger partial charge < -0.3 is 24.8 Å². The fourth-order valence-corrected chi connectivity index (χ4v) is 2.61. The molecule has 26 heavy (non-hydrogen) atoms. The zero-order valence-electron chi connectivity index (χ0n) is 15.5. The van der Waals surface area contributed by atoms with E-state index in [4.69, 9.17) is 25.8 Å². The average molecular weight is 498 g/mol. The minimum atomic E-state index is -0.0550.